The second-order valence-electron chi connectivity index (χ2n) is 7.52. The fourth-order valence-corrected chi connectivity index (χ4v) is 4.04. The first-order valence-corrected chi connectivity index (χ1v) is 10.1. The first-order chi connectivity index (χ1) is 14.7. The lowest BCUT2D eigenvalue weighted by Gasteiger charge is -2.13. The summed E-state index contributed by atoms with van der Waals surface area (Å²) in [5.74, 6) is 0.490. The quantitative estimate of drug-likeness (QED) is 0.399. The number of pyridine rings is 1. The average Bonchev–Trinajstić information content (AvgIpc) is 3.42. The minimum absolute atomic E-state index is 0.256. The van der Waals surface area contributed by atoms with Crippen LogP contribution in [0, 0.1) is 6.92 Å². The molecule has 0 spiro atoms. The lowest BCUT2D eigenvalue weighted by Crippen LogP contribution is -2.11. The molecular weight excluding hydrogens is 374 g/mol. The molecule has 2 heterocycles. The molecule has 5 rings (SSSR count). The molecule has 30 heavy (non-hydrogen) atoms. The SMILES string of the molecule is Cc1ccccc1COC(=O)c1c2c(nc3ccccc13)/C(=C/c1ccco1)CC2. The van der Waals surface area contributed by atoms with Crippen molar-refractivity contribution in [3.05, 3.63) is 101 Å². The second kappa shape index (κ2) is 7.64. The van der Waals surface area contributed by atoms with Crippen LogP contribution in [0.4, 0.5) is 0 Å². The standard InChI is InChI=1S/C26H21NO3/c1-17-7-2-3-8-19(17)16-30-26(28)24-21-10-4-5-11-23(21)27-25-18(12-13-22(24)25)15-20-9-6-14-29-20/h2-11,14-15H,12-13,16H2,1H3/b18-15+. The van der Waals surface area contributed by atoms with Crippen molar-refractivity contribution in [3.8, 4) is 0 Å². The molecule has 2 aromatic heterocycles. The van der Waals surface area contributed by atoms with Crippen molar-refractivity contribution >= 4 is 28.5 Å². The summed E-state index contributed by atoms with van der Waals surface area (Å²) in [7, 11) is 0. The third-order valence-corrected chi connectivity index (χ3v) is 5.63. The number of benzene rings is 2. The van der Waals surface area contributed by atoms with Crippen molar-refractivity contribution in [2.75, 3.05) is 0 Å². The van der Waals surface area contributed by atoms with Crippen molar-refractivity contribution in [3.63, 3.8) is 0 Å². The summed E-state index contributed by atoms with van der Waals surface area (Å²) in [6.45, 7) is 2.28. The summed E-state index contributed by atoms with van der Waals surface area (Å²) in [4.78, 5) is 18.1. The van der Waals surface area contributed by atoms with Gasteiger partial charge < -0.3 is 9.15 Å². The number of furan rings is 1. The fraction of sp³-hybridized carbons (Fsp3) is 0.154. The molecule has 4 aromatic rings. The second-order valence-corrected chi connectivity index (χ2v) is 7.52. The Labute approximate surface area is 174 Å². The molecule has 0 atom stereocenters. The van der Waals surface area contributed by atoms with Crippen molar-refractivity contribution in [2.24, 2.45) is 0 Å². The predicted octanol–water partition coefficient (Wildman–Crippen LogP) is 5.98. The topological polar surface area (TPSA) is 52.3 Å². The monoisotopic (exact) mass is 395 g/mol. The van der Waals surface area contributed by atoms with E-state index < -0.39 is 0 Å². The van der Waals surface area contributed by atoms with Crippen LogP contribution in [0.2, 0.25) is 0 Å². The van der Waals surface area contributed by atoms with Gasteiger partial charge in [-0.15, -0.1) is 0 Å². The van der Waals surface area contributed by atoms with Gasteiger partial charge in [0.25, 0.3) is 0 Å². The van der Waals surface area contributed by atoms with Gasteiger partial charge in [0.15, 0.2) is 0 Å². The molecule has 0 N–H and O–H groups in total. The molecule has 4 heteroatoms. The Balaban J connectivity index is 1.56. The van der Waals surface area contributed by atoms with Crippen LogP contribution in [-0.4, -0.2) is 11.0 Å². The van der Waals surface area contributed by atoms with Crippen LogP contribution in [0.5, 0.6) is 0 Å². The van der Waals surface area contributed by atoms with E-state index in [1.54, 1.807) is 6.26 Å². The normalized spacial score (nSPS) is 14.2. The smallest absolute Gasteiger partial charge is 0.339 e. The number of aryl methyl sites for hydroxylation is 1. The Bertz CT molecular complexity index is 1270. The lowest BCUT2D eigenvalue weighted by molar-refractivity contribution is 0.0473. The van der Waals surface area contributed by atoms with Crippen LogP contribution in [-0.2, 0) is 17.8 Å². The van der Waals surface area contributed by atoms with Gasteiger partial charge in [-0.05, 0) is 66.3 Å². The fourth-order valence-electron chi connectivity index (χ4n) is 4.04. The number of esters is 1. The van der Waals surface area contributed by atoms with E-state index in [1.807, 2.05) is 73.7 Å². The summed E-state index contributed by atoms with van der Waals surface area (Å²) in [6, 6.07) is 19.5. The van der Waals surface area contributed by atoms with Crippen molar-refractivity contribution < 1.29 is 13.9 Å². The first kappa shape index (κ1) is 18.4. The van der Waals surface area contributed by atoms with Gasteiger partial charge in [0.1, 0.15) is 12.4 Å². The molecule has 4 nitrogen and oxygen atoms in total. The molecule has 0 saturated carbocycles. The van der Waals surface area contributed by atoms with E-state index in [-0.39, 0.29) is 12.6 Å². The number of rotatable bonds is 4. The van der Waals surface area contributed by atoms with Crippen molar-refractivity contribution in [2.45, 2.75) is 26.4 Å². The largest absolute Gasteiger partial charge is 0.465 e. The molecule has 2 aromatic carbocycles. The maximum Gasteiger partial charge on any atom is 0.339 e. The van der Waals surface area contributed by atoms with Gasteiger partial charge in [-0.25, -0.2) is 9.78 Å². The van der Waals surface area contributed by atoms with Gasteiger partial charge in [0, 0.05) is 5.39 Å². The molecule has 0 aliphatic heterocycles. The highest BCUT2D eigenvalue weighted by molar-refractivity contribution is 6.07. The molecular formula is C26H21NO3. The Morgan fingerprint density at radius 2 is 1.90 bits per heavy atom. The van der Waals surface area contributed by atoms with Gasteiger partial charge in [-0.1, -0.05) is 42.5 Å². The number of fused-ring (bicyclic) bond motifs is 2. The Hall–Kier alpha value is -3.66. The Kier molecular flexibility index (Phi) is 4.68. The Morgan fingerprint density at radius 3 is 2.73 bits per heavy atom. The predicted molar refractivity (Wildman–Crippen MR) is 117 cm³/mol. The van der Waals surface area contributed by atoms with E-state index >= 15 is 0 Å². The summed E-state index contributed by atoms with van der Waals surface area (Å²) in [5, 5.41) is 0.838. The van der Waals surface area contributed by atoms with Crippen molar-refractivity contribution in [1.82, 2.24) is 4.98 Å². The summed E-state index contributed by atoms with van der Waals surface area (Å²) >= 11 is 0. The molecule has 0 fully saturated rings. The number of hydrogen-bond donors (Lipinski definition) is 0. The van der Waals surface area contributed by atoms with Crippen LogP contribution < -0.4 is 0 Å². The van der Waals surface area contributed by atoms with E-state index in [1.165, 1.54) is 0 Å². The van der Waals surface area contributed by atoms with Gasteiger partial charge in [-0.2, -0.15) is 0 Å². The Morgan fingerprint density at radius 1 is 1.07 bits per heavy atom. The number of para-hydroxylation sites is 1. The number of allylic oxidation sites excluding steroid dienone is 1. The highest BCUT2D eigenvalue weighted by Crippen LogP contribution is 2.38. The van der Waals surface area contributed by atoms with E-state index in [4.69, 9.17) is 14.1 Å². The van der Waals surface area contributed by atoms with Gasteiger partial charge >= 0.3 is 5.97 Å². The highest BCUT2D eigenvalue weighted by atomic mass is 16.5. The maximum absolute atomic E-state index is 13.2. The van der Waals surface area contributed by atoms with E-state index in [2.05, 4.69) is 0 Å². The number of ether oxygens (including phenoxy) is 1. The van der Waals surface area contributed by atoms with E-state index in [9.17, 15) is 4.79 Å². The van der Waals surface area contributed by atoms with Gasteiger partial charge in [0.05, 0.1) is 23.0 Å². The third-order valence-electron chi connectivity index (χ3n) is 5.63. The van der Waals surface area contributed by atoms with Crippen LogP contribution in [0.3, 0.4) is 0 Å². The molecule has 0 radical (unpaired) electrons. The zero-order valence-corrected chi connectivity index (χ0v) is 16.7. The van der Waals surface area contributed by atoms with Gasteiger partial charge in [0.2, 0.25) is 0 Å². The maximum atomic E-state index is 13.2. The first-order valence-electron chi connectivity index (χ1n) is 10.1. The molecule has 1 aliphatic carbocycles. The van der Waals surface area contributed by atoms with Crippen molar-refractivity contribution in [1.29, 1.82) is 0 Å². The van der Waals surface area contributed by atoms with E-state index in [0.29, 0.717) is 5.56 Å². The highest BCUT2D eigenvalue weighted by Gasteiger charge is 2.27. The number of aromatic nitrogens is 1. The third kappa shape index (κ3) is 3.30. The van der Waals surface area contributed by atoms with E-state index in [0.717, 1.165) is 57.5 Å². The lowest BCUT2D eigenvalue weighted by atomic mass is 10.0. The van der Waals surface area contributed by atoms with Crippen LogP contribution in [0.25, 0.3) is 22.6 Å². The molecule has 1 aliphatic rings. The number of nitrogens with zero attached hydrogens (tertiary/aromatic N) is 1. The zero-order chi connectivity index (χ0) is 20.5. The minimum Gasteiger partial charge on any atom is -0.465 e. The van der Waals surface area contributed by atoms with Crippen LogP contribution in [0.15, 0.2) is 71.3 Å². The summed E-state index contributed by atoms with van der Waals surface area (Å²) < 4.78 is 11.2. The van der Waals surface area contributed by atoms with Crippen LogP contribution >= 0.6 is 0 Å². The molecule has 0 saturated heterocycles. The molecule has 148 valence electrons. The molecule has 0 unspecified atom stereocenters. The molecule has 0 amide bonds. The number of hydrogen-bond acceptors (Lipinski definition) is 4. The number of carbonyl (C=O) groups is 1. The zero-order valence-electron chi connectivity index (χ0n) is 16.7. The average molecular weight is 395 g/mol. The summed E-state index contributed by atoms with van der Waals surface area (Å²) in [5.41, 5.74) is 6.46. The summed E-state index contributed by atoms with van der Waals surface area (Å²) in [6.07, 6.45) is 5.24. The van der Waals surface area contributed by atoms with Gasteiger partial charge in [-0.3, -0.25) is 0 Å². The molecule has 0 bridgehead atoms. The minimum atomic E-state index is -0.299. The number of carbonyl (C=O) groups excluding carboxylic acids is 1. The van der Waals surface area contributed by atoms with Crippen LogP contribution in [0.1, 0.15) is 44.9 Å².